The molecule has 0 radical (unpaired) electrons. The number of amides is 1. The van der Waals surface area contributed by atoms with E-state index in [0.29, 0.717) is 24.5 Å². The molecule has 7 heteroatoms. The van der Waals surface area contributed by atoms with Crippen LogP contribution >= 0.6 is 0 Å². The zero-order valence-corrected chi connectivity index (χ0v) is 20.0. The number of aliphatic hydroxyl groups excluding tert-OH is 1. The second-order valence-corrected chi connectivity index (χ2v) is 8.54. The van der Waals surface area contributed by atoms with Crippen LogP contribution < -0.4 is 21.1 Å². The molecule has 0 unspecified atom stereocenters. The Morgan fingerprint density at radius 2 is 2.00 bits per heavy atom. The van der Waals surface area contributed by atoms with Gasteiger partial charge in [-0.05, 0) is 73.7 Å². The molecule has 0 spiro atoms. The van der Waals surface area contributed by atoms with E-state index in [2.05, 4.69) is 22.5 Å². The standard InChI is InChI=1S/C27H34N4O3/c1-18-13-24(34-3)9-7-21(18)11-12-29-27(33)22-6-4-5-20(15-22)14-19(2)30-17-25(32)23-8-10-26(28)31-16-23/h4-10,13,15-16,19,25,30,32H,11-12,14,17H2,1-3H3,(H2,28,31)(H,29,33)/t19-,25+/m1/s1. The molecule has 2 aromatic carbocycles. The van der Waals surface area contributed by atoms with Gasteiger partial charge in [-0.25, -0.2) is 4.98 Å². The number of hydrogen-bond donors (Lipinski definition) is 4. The van der Waals surface area contributed by atoms with E-state index < -0.39 is 6.10 Å². The number of benzene rings is 2. The summed E-state index contributed by atoms with van der Waals surface area (Å²) in [5.41, 5.74) is 10.4. The molecule has 3 rings (SSSR count). The molecule has 180 valence electrons. The summed E-state index contributed by atoms with van der Waals surface area (Å²) in [5.74, 6) is 1.18. The minimum atomic E-state index is -0.665. The fourth-order valence-corrected chi connectivity index (χ4v) is 3.80. The lowest BCUT2D eigenvalue weighted by Gasteiger charge is -2.18. The highest BCUT2D eigenvalue weighted by atomic mass is 16.5. The summed E-state index contributed by atoms with van der Waals surface area (Å²) in [6.07, 6.45) is 2.42. The van der Waals surface area contributed by atoms with E-state index in [-0.39, 0.29) is 11.9 Å². The van der Waals surface area contributed by atoms with Gasteiger partial charge in [-0.1, -0.05) is 24.3 Å². The summed E-state index contributed by atoms with van der Waals surface area (Å²) in [5, 5.41) is 16.7. The second kappa shape index (κ2) is 12.2. The summed E-state index contributed by atoms with van der Waals surface area (Å²) in [6, 6.07) is 17.2. The maximum Gasteiger partial charge on any atom is 0.251 e. The molecule has 0 saturated heterocycles. The largest absolute Gasteiger partial charge is 0.497 e. The van der Waals surface area contributed by atoms with Crippen LogP contribution in [0.15, 0.2) is 60.8 Å². The highest BCUT2D eigenvalue weighted by Gasteiger charge is 2.12. The Labute approximate surface area is 201 Å². The van der Waals surface area contributed by atoms with Crippen LogP contribution in [0.25, 0.3) is 0 Å². The average Bonchev–Trinajstić information content (AvgIpc) is 2.84. The molecule has 0 aliphatic heterocycles. The molecular formula is C27H34N4O3. The predicted octanol–water partition coefficient (Wildman–Crippen LogP) is 3.21. The number of aromatic nitrogens is 1. The van der Waals surface area contributed by atoms with Crippen LogP contribution in [-0.4, -0.2) is 42.2 Å². The van der Waals surface area contributed by atoms with Gasteiger partial charge in [0.15, 0.2) is 0 Å². The number of nitrogen functional groups attached to an aromatic ring is 1. The maximum atomic E-state index is 12.7. The third kappa shape index (κ3) is 7.30. The topological polar surface area (TPSA) is 110 Å². The van der Waals surface area contributed by atoms with Gasteiger partial charge in [-0.3, -0.25) is 4.79 Å². The molecule has 0 fully saturated rings. The van der Waals surface area contributed by atoms with E-state index in [1.807, 2.05) is 49.4 Å². The number of ether oxygens (including phenoxy) is 1. The highest BCUT2D eigenvalue weighted by Crippen LogP contribution is 2.17. The average molecular weight is 463 g/mol. The lowest BCUT2D eigenvalue weighted by atomic mass is 10.0. The van der Waals surface area contributed by atoms with Crippen LogP contribution in [0.3, 0.4) is 0 Å². The van der Waals surface area contributed by atoms with Crippen molar-refractivity contribution in [2.24, 2.45) is 0 Å². The number of carbonyl (C=O) groups is 1. The number of nitrogens with one attached hydrogen (secondary N) is 2. The molecule has 7 nitrogen and oxygen atoms in total. The van der Waals surface area contributed by atoms with Gasteiger partial charge in [-0.2, -0.15) is 0 Å². The van der Waals surface area contributed by atoms with Crippen molar-refractivity contribution >= 4 is 11.7 Å². The lowest BCUT2D eigenvalue weighted by Crippen LogP contribution is -2.32. The van der Waals surface area contributed by atoms with E-state index in [1.54, 1.807) is 25.4 Å². The highest BCUT2D eigenvalue weighted by molar-refractivity contribution is 5.94. The Morgan fingerprint density at radius 3 is 2.71 bits per heavy atom. The Balaban J connectivity index is 1.47. The van der Waals surface area contributed by atoms with Crippen LogP contribution in [0.1, 0.15) is 45.6 Å². The number of pyridine rings is 1. The molecule has 1 aromatic heterocycles. The van der Waals surface area contributed by atoms with Crippen molar-refractivity contribution in [2.45, 2.75) is 38.8 Å². The molecule has 3 aromatic rings. The minimum absolute atomic E-state index is 0.0834. The number of nitrogens with zero attached hydrogens (tertiary/aromatic N) is 1. The number of hydrogen-bond acceptors (Lipinski definition) is 6. The molecule has 0 aliphatic carbocycles. The fourth-order valence-electron chi connectivity index (χ4n) is 3.80. The fraction of sp³-hybridized carbons (Fsp3) is 0.333. The number of carbonyl (C=O) groups excluding carboxylic acids is 1. The normalized spacial score (nSPS) is 12.7. The number of rotatable bonds is 11. The van der Waals surface area contributed by atoms with E-state index in [0.717, 1.165) is 35.3 Å². The first-order valence-corrected chi connectivity index (χ1v) is 11.5. The molecular weight excluding hydrogens is 428 g/mol. The molecule has 1 amide bonds. The van der Waals surface area contributed by atoms with Gasteiger partial charge in [0.25, 0.3) is 5.91 Å². The third-order valence-electron chi connectivity index (χ3n) is 5.81. The number of methoxy groups -OCH3 is 1. The number of aryl methyl sites for hydroxylation is 1. The van der Waals surface area contributed by atoms with Gasteiger partial charge in [-0.15, -0.1) is 0 Å². The maximum absolute atomic E-state index is 12.7. The van der Waals surface area contributed by atoms with Crippen molar-refractivity contribution in [1.82, 2.24) is 15.6 Å². The minimum Gasteiger partial charge on any atom is -0.497 e. The zero-order chi connectivity index (χ0) is 24.5. The first-order chi connectivity index (χ1) is 16.4. The first-order valence-electron chi connectivity index (χ1n) is 11.5. The molecule has 0 aliphatic rings. The molecule has 1 heterocycles. The van der Waals surface area contributed by atoms with Crippen molar-refractivity contribution in [3.8, 4) is 5.75 Å². The summed E-state index contributed by atoms with van der Waals surface area (Å²) < 4.78 is 5.25. The second-order valence-electron chi connectivity index (χ2n) is 8.54. The van der Waals surface area contributed by atoms with Gasteiger partial charge in [0.05, 0.1) is 13.2 Å². The SMILES string of the molecule is COc1ccc(CCNC(=O)c2cccc(C[C@@H](C)NC[C@H](O)c3ccc(N)nc3)c2)c(C)c1. The number of nitrogens with two attached hydrogens (primary N) is 1. The molecule has 5 N–H and O–H groups in total. The first kappa shape index (κ1) is 25.2. The van der Waals surface area contributed by atoms with Gasteiger partial charge in [0.2, 0.25) is 0 Å². The Bertz CT molecular complexity index is 1090. The Morgan fingerprint density at radius 1 is 1.18 bits per heavy atom. The predicted molar refractivity (Wildman–Crippen MR) is 135 cm³/mol. The molecule has 0 bridgehead atoms. The van der Waals surface area contributed by atoms with Crippen molar-refractivity contribution in [2.75, 3.05) is 25.9 Å². The van der Waals surface area contributed by atoms with Crippen LogP contribution in [0.2, 0.25) is 0 Å². The molecule has 2 atom stereocenters. The van der Waals surface area contributed by atoms with Gasteiger partial charge in [0.1, 0.15) is 11.6 Å². The smallest absolute Gasteiger partial charge is 0.251 e. The van der Waals surface area contributed by atoms with E-state index in [4.69, 9.17) is 10.5 Å². The van der Waals surface area contributed by atoms with E-state index in [9.17, 15) is 9.90 Å². The van der Waals surface area contributed by atoms with Crippen LogP contribution in [0.4, 0.5) is 5.82 Å². The summed E-state index contributed by atoms with van der Waals surface area (Å²) >= 11 is 0. The molecule has 34 heavy (non-hydrogen) atoms. The van der Waals surface area contributed by atoms with Gasteiger partial charge < -0.3 is 26.2 Å². The van der Waals surface area contributed by atoms with Crippen LogP contribution in [0.5, 0.6) is 5.75 Å². The Hall–Kier alpha value is -3.42. The van der Waals surface area contributed by atoms with Crippen LogP contribution in [0, 0.1) is 6.92 Å². The third-order valence-corrected chi connectivity index (χ3v) is 5.81. The Kier molecular flexibility index (Phi) is 9.01. The van der Waals surface area contributed by atoms with Gasteiger partial charge >= 0.3 is 0 Å². The van der Waals surface area contributed by atoms with Crippen molar-refractivity contribution < 1.29 is 14.6 Å². The zero-order valence-electron chi connectivity index (χ0n) is 20.0. The van der Waals surface area contributed by atoms with Crippen molar-refractivity contribution in [3.63, 3.8) is 0 Å². The van der Waals surface area contributed by atoms with Crippen molar-refractivity contribution in [1.29, 1.82) is 0 Å². The summed E-state index contributed by atoms with van der Waals surface area (Å²) in [7, 11) is 1.66. The quantitative estimate of drug-likeness (QED) is 0.348. The summed E-state index contributed by atoms with van der Waals surface area (Å²) in [4.78, 5) is 16.7. The lowest BCUT2D eigenvalue weighted by molar-refractivity contribution is 0.0954. The monoisotopic (exact) mass is 462 g/mol. The number of aliphatic hydroxyl groups is 1. The van der Waals surface area contributed by atoms with Crippen LogP contribution in [-0.2, 0) is 12.8 Å². The number of anilines is 1. The van der Waals surface area contributed by atoms with E-state index >= 15 is 0 Å². The van der Waals surface area contributed by atoms with Gasteiger partial charge in [0, 0.05) is 36.5 Å². The van der Waals surface area contributed by atoms with Crippen molar-refractivity contribution in [3.05, 3.63) is 88.6 Å². The van der Waals surface area contributed by atoms with E-state index in [1.165, 1.54) is 5.56 Å². The molecule has 0 saturated carbocycles. The summed E-state index contributed by atoms with van der Waals surface area (Å²) in [6.45, 7) is 5.06.